The SMILES string of the molecule is Cc1ccc(C)n1-c1cc(C(=O)N/N=C/c2ccc(-c3nnn[nH]3)cc2)ccc1C(=O)O. The second kappa shape index (κ2) is 8.64. The largest absolute Gasteiger partial charge is 0.478 e. The van der Waals surface area contributed by atoms with E-state index in [1.807, 2.05) is 50.2 Å². The van der Waals surface area contributed by atoms with Crippen LogP contribution in [-0.4, -0.2) is 48.4 Å². The number of hydrogen-bond donors (Lipinski definition) is 3. The molecular weight excluding hydrogens is 410 g/mol. The molecule has 2 aromatic heterocycles. The summed E-state index contributed by atoms with van der Waals surface area (Å²) in [7, 11) is 0. The average Bonchev–Trinajstić information content (AvgIpc) is 3.43. The number of nitrogens with zero attached hydrogens (tertiary/aromatic N) is 5. The molecule has 4 rings (SSSR count). The number of aromatic carboxylic acids is 1. The van der Waals surface area contributed by atoms with Crippen molar-refractivity contribution in [2.45, 2.75) is 13.8 Å². The van der Waals surface area contributed by atoms with Crippen LogP contribution in [0.15, 0.2) is 59.7 Å². The molecule has 32 heavy (non-hydrogen) atoms. The van der Waals surface area contributed by atoms with Crippen molar-refractivity contribution in [3.05, 3.63) is 82.7 Å². The van der Waals surface area contributed by atoms with E-state index in [0.29, 0.717) is 17.1 Å². The van der Waals surface area contributed by atoms with E-state index in [2.05, 4.69) is 31.2 Å². The molecule has 160 valence electrons. The van der Waals surface area contributed by atoms with Gasteiger partial charge in [0.15, 0.2) is 5.82 Å². The number of hydrogen-bond acceptors (Lipinski definition) is 6. The number of rotatable bonds is 6. The van der Waals surface area contributed by atoms with Crippen molar-refractivity contribution in [1.82, 2.24) is 30.6 Å². The number of aromatic nitrogens is 5. The maximum atomic E-state index is 12.6. The van der Waals surface area contributed by atoms with Crippen LogP contribution in [0.2, 0.25) is 0 Å². The van der Waals surface area contributed by atoms with Crippen molar-refractivity contribution in [1.29, 1.82) is 0 Å². The highest BCUT2D eigenvalue weighted by Crippen LogP contribution is 2.22. The number of carboxylic acid groups (broad SMARTS) is 1. The van der Waals surface area contributed by atoms with Gasteiger partial charge in [-0.05, 0) is 60.2 Å². The summed E-state index contributed by atoms with van der Waals surface area (Å²) in [6, 6.07) is 15.5. The lowest BCUT2D eigenvalue weighted by atomic mass is 10.1. The Morgan fingerprint density at radius 2 is 1.78 bits per heavy atom. The minimum Gasteiger partial charge on any atom is -0.478 e. The Labute approximate surface area is 182 Å². The molecule has 0 fully saturated rings. The second-order valence-corrected chi connectivity index (χ2v) is 7.06. The van der Waals surface area contributed by atoms with Crippen LogP contribution in [0.4, 0.5) is 0 Å². The highest BCUT2D eigenvalue weighted by atomic mass is 16.4. The molecule has 4 aromatic rings. The molecule has 1 amide bonds. The number of carboxylic acids is 1. The fourth-order valence-corrected chi connectivity index (χ4v) is 3.33. The zero-order chi connectivity index (χ0) is 22.7. The molecule has 2 aromatic carbocycles. The molecule has 0 bridgehead atoms. The van der Waals surface area contributed by atoms with Crippen molar-refractivity contribution in [3.63, 3.8) is 0 Å². The predicted molar refractivity (Wildman–Crippen MR) is 117 cm³/mol. The van der Waals surface area contributed by atoms with Gasteiger partial charge < -0.3 is 9.67 Å². The van der Waals surface area contributed by atoms with Crippen molar-refractivity contribution in [2.24, 2.45) is 5.10 Å². The number of benzene rings is 2. The number of carbonyl (C=O) groups is 2. The third-order valence-corrected chi connectivity index (χ3v) is 4.91. The lowest BCUT2D eigenvalue weighted by Crippen LogP contribution is -2.19. The van der Waals surface area contributed by atoms with Crippen LogP contribution >= 0.6 is 0 Å². The van der Waals surface area contributed by atoms with Gasteiger partial charge in [0.2, 0.25) is 0 Å². The summed E-state index contributed by atoms with van der Waals surface area (Å²) in [5, 5.41) is 27.2. The van der Waals surface area contributed by atoms with Gasteiger partial charge in [0, 0.05) is 22.5 Å². The quantitative estimate of drug-likeness (QED) is 0.318. The minimum absolute atomic E-state index is 0.106. The lowest BCUT2D eigenvalue weighted by Gasteiger charge is -2.14. The Bertz CT molecular complexity index is 1290. The second-order valence-electron chi connectivity index (χ2n) is 7.06. The highest BCUT2D eigenvalue weighted by molar-refractivity contribution is 5.98. The van der Waals surface area contributed by atoms with Crippen molar-refractivity contribution < 1.29 is 14.7 Å². The van der Waals surface area contributed by atoms with Crippen LogP contribution in [0.25, 0.3) is 17.1 Å². The number of nitrogens with one attached hydrogen (secondary N) is 2. The zero-order valence-corrected chi connectivity index (χ0v) is 17.3. The molecule has 2 heterocycles. The first-order valence-corrected chi connectivity index (χ1v) is 9.64. The predicted octanol–water partition coefficient (Wildman–Crippen LogP) is 2.74. The molecule has 0 radical (unpaired) electrons. The first-order valence-electron chi connectivity index (χ1n) is 9.64. The number of aryl methyl sites for hydroxylation is 2. The molecule has 0 aliphatic rings. The number of carbonyl (C=O) groups excluding carboxylic acids is 1. The van der Waals surface area contributed by atoms with Crippen LogP contribution in [-0.2, 0) is 0 Å². The summed E-state index contributed by atoms with van der Waals surface area (Å²) in [5.41, 5.74) is 6.61. The van der Waals surface area contributed by atoms with Gasteiger partial charge in [0.05, 0.1) is 17.5 Å². The van der Waals surface area contributed by atoms with E-state index in [1.54, 1.807) is 10.6 Å². The van der Waals surface area contributed by atoms with Crippen molar-refractivity contribution >= 4 is 18.1 Å². The summed E-state index contributed by atoms with van der Waals surface area (Å²) < 4.78 is 1.80. The molecule has 10 heteroatoms. The van der Waals surface area contributed by atoms with E-state index in [4.69, 9.17) is 0 Å². The van der Waals surface area contributed by atoms with Crippen molar-refractivity contribution in [2.75, 3.05) is 0 Å². The maximum Gasteiger partial charge on any atom is 0.337 e. The topological polar surface area (TPSA) is 138 Å². The smallest absolute Gasteiger partial charge is 0.337 e. The fraction of sp³-hybridized carbons (Fsp3) is 0.0909. The minimum atomic E-state index is -1.07. The van der Waals surface area contributed by atoms with Gasteiger partial charge >= 0.3 is 5.97 Å². The molecule has 3 N–H and O–H groups in total. The lowest BCUT2D eigenvalue weighted by molar-refractivity contribution is 0.0696. The first-order chi connectivity index (χ1) is 15.4. The normalized spacial score (nSPS) is 11.1. The van der Waals surface area contributed by atoms with Crippen molar-refractivity contribution in [3.8, 4) is 17.1 Å². The number of hydrazone groups is 1. The van der Waals surface area contributed by atoms with Gasteiger partial charge in [-0.3, -0.25) is 4.79 Å². The molecule has 0 saturated carbocycles. The monoisotopic (exact) mass is 429 g/mol. The van der Waals surface area contributed by atoms with Crippen LogP contribution in [0.1, 0.15) is 37.7 Å². The summed E-state index contributed by atoms with van der Waals surface area (Å²) in [6.07, 6.45) is 1.51. The van der Waals surface area contributed by atoms with E-state index < -0.39 is 11.9 Å². The van der Waals surface area contributed by atoms with E-state index >= 15 is 0 Å². The molecule has 0 atom stereocenters. The van der Waals surface area contributed by atoms with Gasteiger partial charge in [0.25, 0.3) is 5.91 Å². The first kappa shape index (κ1) is 20.7. The Balaban J connectivity index is 1.52. The average molecular weight is 429 g/mol. The zero-order valence-electron chi connectivity index (χ0n) is 17.3. The van der Waals surface area contributed by atoms with Gasteiger partial charge in [-0.15, -0.1) is 5.10 Å². The van der Waals surface area contributed by atoms with E-state index in [9.17, 15) is 14.7 Å². The van der Waals surface area contributed by atoms with Crippen LogP contribution in [0, 0.1) is 13.8 Å². The number of aromatic amines is 1. The van der Waals surface area contributed by atoms with Crippen LogP contribution in [0.3, 0.4) is 0 Å². The van der Waals surface area contributed by atoms with Gasteiger partial charge in [-0.1, -0.05) is 24.3 Å². The number of tetrazole rings is 1. The molecule has 0 aliphatic carbocycles. The van der Waals surface area contributed by atoms with Gasteiger partial charge in [0.1, 0.15) is 0 Å². The van der Waals surface area contributed by atoms with E-state index in [1.165, 1.54) is 18.3 Å². The summed E-state index contributed by atoms with van der Waals surface area (Å²) >= 11 is 0. The number of amides is 1. The highest BCUT2D eigenvalue weighted by Gasteiger charge is 2.17. The van der Waals surface area contributed by atoms with Crippen LogP contribution < -0.4 is 5.43 Å². The van der Waals surface area contributed by atoms with E-state index in [0.717, 1.165) is 22.5 Å². The molecular formula is C22H19N7O3. The summed E-state index contributed by atoms with van der Waals surface area (Å²) in [5.74, 6) is -0.969. The molecule has 10 nitrogen and oxygen atoms in total. The standard InChI is InChI=1S/C22H19N7O3/c1-13-3-4-14(2)29(13)19-11-17(9-10-18(19)22(31)32)21(30)26-23-12-15-5-7-16(8-6-15)20-24-27-28-25-20/h3-12H,1-2H3,(H,26,30)(H,31,32)(H,24,25,27,28)/b23-12+. The van der Waals surface area contributed by atoms with E-state index in [-0.39, 0.29) is 5.56 Å². The fourth-order valence-electron chi connectivity index (χ4n) is 3.33. The Kier molecular flexibility index (Phi) is 5.58. The Morgan fingerprint density at radius 3 is 2.41 bits per heavy atom. The van der Waals surface area contributed by atoms with Gasteiger partial charge in [-0.2, -0.15) is 5.10 Å². The molecule has 0 saturated heterocycles. The summed E-state index contributed by atoms with van der Waals surface area (Å²) in [6.45, 7) is 3.75. The van der Waals surface area contributed by atoms with Crippen LogP contribution in [0.5, 0.6) is 0 Å². The number of H-pyrrole nitrogens is 1. The molecule has 0 aliphatic heterocycles. The maximum absolute atomic E-state index is 12.6. The van der Waals surface area contributed by atoms with Gasteiger partial charge in [-0.25, -0.2) is 15.3 Å². The molecule has 0 unspecified atom stereocenters. The third-order valence-electron chi connectivity index (χ3n) is 4.91. The Morgan fingerprint density at radius 1 is 1.06 bits per heavy atom. The Hall–Kier alpha value is -4.60. The summed E-state index contributed by atoms with van der Waals surface area (Å²) in [4.78, 5) is 24.3. The molecule has 0 spiro atoms. The third kappa shape index (κ3) is 4.15.